The number of benzene rings is 1. The maximum Gasteiger partial charge on any atom is 0.282 e. The molecule has 0 saturated carbocycles. The second-order valence-electron chi connectivity index (χ2n) is 10.4. The number of fused-ring (bicyclic) bond motifs is 1. The Kier molecular flexibility index (Phi) is 7.62. The van der Waals surface area contributed by atoms with Gasteiger partial charge in [-0.2, -0.15) is 17.0 Å². The van der Waals surface area contributed by atoms with Gasteiger partial charge in [0.05, 0.1) is 17.9 Å². The van der Waals surface area contributed by atoms with Crippen molar-refractivity contribution in [1.29, 1.82) is 0 Å². The van der Waals surface area contributed by atoms with Gasteiger partial charge < -0.3 is 9.80 Å². The summed E-state index contributed by atoms with van der Waals surface area (Å²) < 4.78 is 44.7. The molecule has 6 rings (SSSR count). The van der Waals surface area contributed by atoms with E-state index in [0.29, 0.717) is 44.9 Å². The van der Waals surface area contributed by atoms with Gasteiger partial charge in [0.1, 0.15) is 23.1 Å². The smallest absolute Gasteiger partial charge is 0.282 e. The van der Waals surface area contributed by atoms with Crippen LogP contribution < -0.4 is 9.80 Å². The predicted octanol–water partition coefficient (Wildman–Crippen LogP) is 3.98. The Morgan fingerprint density at radius 3 is 2.49 bits per heavy atom. The lowest BCUT2D eigenvalue weighted by molar-refractivity contribution is 0.333. The lowest BCUT2D eigenvalue weighted by Gasteiger charge is -2.36. The molecule has 0 amide bonds. The molecule has 4 aromatic rings. The fourth-order valence-electron chi connectivity index (χ4n) is 5.90. The Morgan fingerprint density at radius 1 is 0.951 bits per heavy atom. The normalized spacial score (nSPS) is 18.6. The highest BCUT2D eigenvalue weighted by atomic mass is 32.2. The van der Waals surface area contributed by atoms with Crippen LogP contribution in [0.25, 0.3) is 17.0 Å². The first kappa shape index (κ1) is 27.6. The highest BCUT2D eigenvalue weighted by Gasteiger charge is 2.31. The van der Waals surface area contributed by atoms with Crippen LogP contribution in [0.4, 0.5) is 16.0 Å². The zero-order chi connectivity index (χ0) is 28.6. The maximum atomic E-state index is 14.0. The molecule has 3 aromatic heterocycles. The number of rotatable bonds is 8. The molecule has 5 heterocycles. The van der Waals surface area contributed by atoms with E-state index >= 15 is 0 Å². The number of halogens is 1. The van der Waals surface area contributed by atoms with E-state index in [-0.39, 0.29) is 11.9 Å². The van der Waals surface area contributed by atoms with Crippen LogP contribution >= 0.6 is 0 Å². The third-order valence-corrected chi connectivity index (χ3v) is 10.2. The summed E-state index contributed by atoms with van der Waals surface area (Å²) in [5, 5.41) is 4.96. The Balaban J connectivity index is 1.24. The fraction of sp³-hybridized carbons (Fsp3) is 0.414. The SMILES string of the molecule is CCN(CC)S(=O)(=O)N1CCN(c2cccc(-c3cnc4ccc(N5CCCC5c5cccc(F)c5)nn34)n2)CC1. The molecule has 12 heteroatoms. The number of imidazole rings is 1. The van der Waals surface area contributed by atoms with Gasteiger partial charge in [-0.1, -0.05) is 32.0 Å². The number of hydrogen-bond donors (Lipinski definition) is 0. The number of pyridine rings is 1. The first-order chi connectivity index (χ1) is 19.9. The molecule has 1 unspecified atom stereocenters. The molecular formula is C29H35FN8O2S. The van der Waals surface area contributed by atoms with Crippen LogP contribution in [0.5, 0.6) is 0 Å². The van der Waals surface area contributed by atoms with Crippen molar-refractivity contribution in [2.75, 3.05) is 55.6 Å². The second kappa shape index (κ2) is 11.3. The number of hydrogen-bond acceptors (Lipinski definition) is 7. The highest BCUT2D eigenvalue weighted by Crippen LogP contribution is 2.36. The summed E-state index contributed by atoms with van der Waals surface area (Å²) in [5.74, 6) is 1.37. The number of nitrogens with zero attached hydrogens (tertiary/aromatic N) is 8. The van der Waals surface area contributed by atoms with E-state index in [4.69, 9.17) is 10.1 Å². The lowest BCUT2D eigenvalue weighted by Crippen LogP contribution is -2.53. The Morgan fingerprint density at radius 2 is 1.73 bits per heavy atom. The van der Waals surface area contributed by atoms with Gasteiger partial charge in [0.25, 0.3) is 10.2 Å². The molecule has 0 spiro atoms. The molecule has 2 fully saturated rings. The Bertz CT molecular complexity index is 1630. The van der Waals surface area contributed by atoms with Crippen molar-refractivity contribution < 1.29 is 12.8 Å². The van der Waals surface area contributed by atoms with E-state index in [9.17, 15) is 12.8 Å². The monoisotopic (exact) mass is 578 g/mol. The number of aromatic nitrogens is 4. The minimum Gasteiger partial charge on any atom is -0.354 e. The minimum absolute atomic E-state index is 0.0632. The Hall–Kier alpha value is -3.61. The first-order valence-corrected chi connectivity index (χ1v) is 15.6. The van der Waals surface area contributed by atoms with Crippen molar-refractivity contribution in [2.45, 2.75) is 32.7 Å². The van der Waals surface area contributed by atoms with E-state index in [1.807, 2.05) is 54.8 Å². The average Bonchev–Trinajstić information content (AvgIpc) is 3.65. The summed E-state index contributed by atoms with van der Waals surface area (Å²) in [6, 6.07) is 16.6. The average molecular weight is 579 g/mol. The van der Waals surface area contributed by atoms with Crippen LogP contribution in [0.15, 0.2) is 60.8 Å². The molecule has 41 heavy (non-hydrogen) atoms. The van der Waals surface area contributed by atoms with Crippen LogP contribution in [0.2, 0.25) is 0 Å². The standard InChI is InChI=1S/C29H35FN8O2S/c1-3-35(4-2)41(39,40)36-18-16-34(17-19-36)28-12-6-10-24(32-28)26-21-31-27-13-14-29(33-38(26)27)37-15-7-11-25(37)22-8-5-9-23(30)20-22/h5-6,8-10,12-14,20-21,25H,3-4,7,11,15-19H2,1-2H3. The molecule has 0 N–H and O–H groups in total. The molecule has 2 aliphatic rings. The van der Waals surface area contributed by atoms with E-state index in [2.05, 4.69) is 14.8 Å². The highest BCUT2D eigenvalue weighted by molar-refractivity contribution is 7.86. The number of anilines is 2. The van der Waals surface area contributed by atoms with Gasteiger partial charge in [0.15, 0.2) is 5.65 Å². The predicted molar refractivity (Wildman–Crippen MR) is 158 cm³/mol. The van der Waals surface area contributed by atoms with Crippen molar-refractivity contribution in [2.24, 2.45) is 0 Å². The summed E-state index contributed by atoms with van der Waals surface area (Å²) in [6.07, 6.45) is 3.72. The summed E-state index contributed by atoms with van der Waals surface area (Å²) in [7, 11) is -3.46. The quantitative estimate of drug-likeness (QED) is 0.313. The van der Waals surface area contributed by atoms with Gasteiger partial charge in [0, 0.05) is 45.8 Å². The van der Waals surface area contributed by atoms with Crippen LogP contribution in [0.1, 0.15) is 38.3 Å². The summed E-state index contributed by atoms with van der Waals surface area (Å²) >= 11 is 0. The van der Waals surface area contributed by atoms with Gasteiger partial charge in [-0.05, 0) is 54.8 Å². The summed E-state index contributed by atoms with van der Waals surface area (Å²) in [4.78, 5) is 13.8. The first-order valence-electron chi connectivity index (χ1n) is 14.2. The van der Waals surface area contributed by atoms with Gasteiger partial charge >= 0.3 is 0 Å². The van der Waals surface area contributed by atoms with Crippen molar-refractivity contribution in [3.05, 3.63) is 72.2 Å². The largest absolute Gasteiger partial charge is 0.354 e. The van der Waals surface area contributed by atoms with E-state index in [1.165, 1.54) is 10.4 Å². The van der Waals surface area contributed by atoms with Crippen LogP contribution in [0, 0.1) is 5.82 Å². The van der Waals surface area contributed by atoms with Gasteiger partial charge in [-0.3, -0.25) is 0 Å². The van der Waals surface area contributed by atoms with E-state index in [1.54, 1.807) is 22.6 Å². The second-order valence-corrected chi connectivity index (χ2v) is 12.3. The summed E-state index contributed by atoms with van der Waals surface area (Å²) in [5.41, 5.74) is 3.18. The molecule has 2 aliphatic heterocycles. The molecular weight excluding hydrogens is 543 g/mol. The van der Waals surface area contributed by atoms with E-state index in [0.717, 1.165) is 48.0 Å². The third-order valence-electron chi connectivity index (χ3n) is 8.05. The maximum absolute atomic E-state index is 14.0. The molecule has 2 saturated heterocycles. The zero-order valence-corrected chi connectivity index (χ0v) is 24.2. The molecule has 0 aliphatic carbocycles. The summed E-state index contributed by atoms with van der Waals surface area (Å²) in [6.45, 7) is 7.42. The van der Waals surface area contributed by atoms with Crippen molar-refractivity contribution in [3.8, 4) is 11.4 Å². The molecule has 216 valence electrons. The molecule has 1 aromatic carbocycles. The van der Waals surface area contributed by atoms with E-state index < -0.39 is 10.2 Å². The topological polar surface area (TPSA) is 90.2 Å². The van der Waals surface area contributed by atoms with Crippen molar-refractivity contribution in [1.82, 2.24) is 28.2 Å². The minimum atomic E-state index is -3.46. The zero-order valence-electron chi connectivity index (χ0n) is 23.4. The van der Waals surface area contributed by atoms with Gasteiger partial charge in [0.2, 0.25) is 0 Å². The third kappa shape index (κ3) is 5.27. The van der Waals surface area contributed by atoms with Gasteiger partial charge in [-0.25, -0.2) is 18.9 Å². The van der Waals surface area contributed by atoms with Crippen molar-refractivity contribution in [3.63, 3.8) is 0 Å². The molecule has 10 nitrogen and oxygen atoms in total. The van der Waals surface area contributed by atoms with Crippen LogP contribution in [0.3, 0.4) is 0 Å². The molecule has 0 radical (unpaired) electrons. The molecule has 0 bridgehead atoms. The van der Waals surface area contributed by atoms with Crippen LogP contribution in [-0.4, -0.2) is 82.4 Å². The van der Waals surface area contributed by atoms with Crippen LogP contribution in [-0.2, 0) is 10.2 Å². The molecule has 1 atom stereocenters. The van der Waals surface area contributed by atoms with Crippen molar-refractivity contribution >= 4 is 27.5 Å². The lowest BCUT2D eigenvalue weighted by atomic mass is 10.0. The fourth-order valence-corrected chi connectivity index (χ4v) is 7.50. The van der Waals surface area contributed by atoms with Gasteiger partial charge in [-0.15, -0.1) is 5.10 Å². The number of piperazine rings is 1. The Labute approximate surface area is 240 Å².